The summed E-state index contributed by atoms with van der Waals surface area (Å²) in [5.74, 6) is 1.54. The van der Waals surface area contributed by atoms with Crippen molar-refractivity contribution in [3.63, 3.8) is 0 Å². The van der Waals surface area contributed by atoms with E-state index in [9.17, 15) is 4.79 Å². The molecule has 144 valence electrons. The highest BCUT2D eigenvalue weighted by atomic mass is 35.5. The van der Waals surface area contributed by atoms with Gasteiger partial charge in [-0.05, 0) is 37.1 Å². The van der Waals surface area contributed by atoms with Crippen molar-refractivity contribution in [3.05, 3.63) is 59.1 Å². The molecule has 0 spiro atoms. The smallest absolute Gasteiger partial charge is 0.261 e. The second-order valence-corrected chi connectivity index (χ2v) is 6.95. The zero-order chi connectivity index (χ0) is 19.5. The Morgan fingerprint density at radius 1 is 1.29 bits per heavy atom. The van der Waals surface area contributed by atoms with E-state index in [0.717, 1.165) is 18.4 Å². The number of amides is 1. The standard InChI is InChI=1S/C20H19ClN4O3/c1-27-16-9-3-2-7-14(16)19-23-18(24-28-19)13-6-5-11-25(12-13)20(26)15-8-4-10-22-17(15)21/h2-4,7-10,13H,5-6,11-12H2,1H3/t13-/m1/s1. The van der Waals surface area contributed by atoms with Crippen molar-refractivity contribution in [3.8, 4) is 17.2 Å². The molecule has 3 heterocycles. The summed E-state index contributed by atoms with van der Waals surface area (Å²) < 4.78 is 10.8. The highest BCUT2D eigenvalue weighted by Crippen LogP contribution is 2.31. The van der Waals surface area contributed by atoms with Gasteiger partial charge in [-0.3, -0.25) is 4.79 Å². The van der Waals surface area contributed by atoms with Crippen molar-refractivity contribution in [2.24, 2.45) is 0 Å². The molecule has 1 aliphatic heterocycles. The number of halogens is 1. The van der Waals surface area contributed by atoms with Crippen molar-refractivity contribution < 1.29 is 14.1 Å². The molecule has 0 aliphatic carbocycles. The number of aromatic nitrogens is 3. The lowest BCUT2D eigenvalue weighted by molar-refractivity contribution is 0.0703. The van der Waals surface area contributed by atoms with Crippen LogP contribution >= 0.6 is 11.6 Å². The first kappa shape index (κ1) is 18.4. The van der Waals surface area contributed by atoms with E-state index >= 15 is 0 Å². The predicted octanol–water partition coefficient (Wildman–Crippen LogP) is 3.81. The van der Waals surface area contributed by atoms with Crippen LogP contribution in [0.15, 0.2) is 47.1 Å². The van der Waals surface area contributed by atoms with Gasteiger partial charge in [0.05, 0.1) is 18.2 Å². The number of nitrogens with zero attached hydrogens (tertiary/aromatic N) is 4. The van der Waals surface area contributed by atoms with Crippen LogP contribution in [0.2, 0.25) is 5.15 Å². The number of hydrogen-bond donors (Lipinski definition) is 0. The number of benzene rings is 1. The van der Waals surface area contributed by atoms with Gasteiger partial charge in [0.2, 0.25) is 0 Å². The summed E-state index contributed by atoms with van der Waals surface area (Å²) in [5, 5.41) is 4.37. The Labute approximate surface area is 167 Å². The number of likely N-dealkylation sites (tertiary alicyclic amines) is 1. The van der Waals surface area contributed by atoms with E-state index in [4.69, 9.17) is 20.9 Å². The van der Waals surface area contributed by atoms with Gasteiger partial charge in [0, 0.05) is 25.2 Å². The molecular formula is C20H19ClN4O3. The molecule has 8 heteroatoms. The summed E-state index contributed by atoms with van der Waals surface area (Å²) in [6, 6.07) is 10.9. The number of hydrogen-bond acceptors (Lipinski definition) is 6. The third kappa shape index (κ3) is 3.57. The summed E-state index contributed by atoms with van der Waals surface area (Å²) in [6.07, 6.45) is 3.30. The Balaban J connectivity index is 1.54. The third-order valence-electron chi connectivity index (χ3n) is 4.84. The van der Waals surface area contributed by atoms with E-state index in [1.54, 1.807) is 30.3 Å². The van der Waals surface area contributed by atoms with Crippen LogP contribution in [0.3, 0.4) is 0 Å². The minimum absolute atomic E-state index is 0.000328. The lowest BCUT2D eigenvalue weighted by Gasteiger charge is -2.31. The van der Waals surface area contributed by atoms with Gasteiger partial charge in [0.25, 0.3) is 11.8 Å². The van der Waals surface area contributed by atoms with E-state index in [1.807, 2.05) is 24.3 Å². The number of ether oxygens (including phenoxy) is 1. The first-order valence-electron chi connectivity index (χ1n) is 9.04. The van der Waals surface area contributed by atoms with Gasteiger partial charge in [-0.2, -0.15) is 4.98 Å². The summed E-state index contributed by atoms with van der Waals surface area (Å²) in [4.78, 5) is 23.2. The molecule has 0 saturated carbocycles. The fraction of sp³-hybridized carbons (Fsp3) is 0.300. The quantitative estimate of drug-likeness (QED) is 0.621. The lowest BCUT2D eigenvalue weighted by atomic mass is 9.97. The molecule has 3 aromatic rings. The molecule has 0 N–H and O–H groups in total. The first-order valence-corrected chi connectivity index (χ1v) is 9.42. The average Bonchev–Trinajstić information content (AvgIpc) is 3.24. The zero-order valence-corrected chi connectivity index (χ0v) is 16.1. The molecule has 0 unspecified atom stereocenters. The molecule has 0 radical (unpaired) electrons. The van der Waals surface area contributed by atoms with Crippen LogP contribution < -0.4 is 4.74 Å². The van der Waals surface area contributed by atoms with Crippen LogP contribution in [0, 0.1) is 0 Å². The van der Waals surface area contributed by atoms with Crippen molar-refractivity contribution in [1.82, 2.24) is 20.0 Å². The Morgan fingerprint density at radius 3 is 2.96 bits per heavy atom. The molecule has 1 saturated heterocycles. The molecule has 1 atom stereocenters. The first-order chi connectivity index (χ1) is 13.7. The van der Waals surface area contributed by atoms with Gasteiger partial charge in [-0.25, -0.2) is 4.98 Å². The van der Waals surface area contributed by atoms with E-state index in [2.05, 4.69) is 15.1 Å². The van der Waals surface area contributed by atoms with Crippen LogP contribution in [0.5, 0.6) is 5.75 Å². The molecule has 2 aromatic heterocycles. The minimum atomic E-state index is -0.128. The molecule has 28 heavy (non-hydrogen) atoms. The molecule has 7 nitrogen and oxygen atoms in total. The monoisotopic (exact) mass is 398 g/mol. The Hall–Kier alpha value is -2.93. The summed E-state index contributed by atoms with van der Waals surface area (Å²) in [5.41, 5.74) is 1.15. The van der Waals surface area contributed by atoms with Crippen LogP contribution in [0.1, 0.15) is 34.9 Å². The van der Waals surface area contributed by atoms with Gasteiger partial charge in [-0.1, -0.05) is 28.9 Å². The van der Waals surface area contributed by atoms with Crippen molar-refractivity contribution >= 4 is 17.5 Å². The van der Waals surface area contributed by atoms with Crippen LogP contribution in [0.4, 0.5) is 0 Å². The van der Waals surface area contributed by atoms with E-state index in [0.29, 0.717) is 36.1 Å². The van der Waals surface area contributed by atoms with Crippen molar-refractivity contribution in [2.75, 3.05) is 20.2 Å². The topological polar surface area (TPSA) is 81.4 Å². The summed E-state index contributed by atoms with van der Waals surface area (Å²) >= 11 is 6.08. The second-order valence-electron chi connectivity index (χ2n) is 6.59. The lowest BCUT2D eigenvalue weighted by Crippen LogP contribution is -2.39. The Morgan fingerprint density at radius 2 is 2.14 bits per heavy atom. The molecule has 1 aliphatic rings. The Kier molecular flexibility index (Phi) is 5.25. The van der Waals surface area contributed by atoms with Gasteiger partial charge >= 0.3 is 0 Å². The minimum Gasteiger partial charge on any atom is -0.496 e. The molecule has 1 fully saturated rings. The normalized spacial score (nSPS) is 16.8. The molecule has 1 amide bonds. The summed E-state index contributed by atoms with van der Waals surface area (Å²) in [6.45, 7) is 1.17. The number of carbonyl (C=O) groups is 1. The fourth-order valence-corrected chi connectivity index (χ4v) is 3.62. The highest BCUT2D eigenvalue weighted by molar-refractivity contribution is 6.32. The number of rotatable bonds is 4. The van der Waals surface area contributed by atoms with Gasteiger partial charge in [0.1, 0.15) is 10.9 Å². The van der Waals surface area contributed by atoms with Crippen molar-refractivity contribution in [2.45, 2.75) is 18.8 Å². The highest BCUT2D eigenvalue weighted by Gasteiger charge is 2.30. The maximum Gasteiger partial charge on any atom is 0.261 e. The maximum atomic E-state index is 12.8. The average molecular weight is 399 g/mol. The SMILES string of the molecule is COc1ccccc1-c1nc([C@@H]2CCCN(C(=O)c3cccnc3Cl)C2)no1. The number of carbonyl (C=O) groups excluding carboxylic acids is 1. The number of piperidine rings is 1. The fourth-order valence-electron chi connectivity index (χ4n) is 3.42. The van der Waals surface area contributed by atoms with Crippen LogP contribution in [-0.4, -0.2) is 46.1 Å². The van der Waals surface area contributed by atoms with Crippen LogP contribution in [0.25, 0.3) is 11.5 Å². The Bertz CT molecular complexity index is 991. The number of methoxy groups -OCH3 is 1. The number of pyridine rings is 1. The van der Waals surface area contributed by atoms with Gasteiger partial charge in [0.15, 0.2) is 5.82 Å². The van der Waals surface area contributed by atoms with Gasteiger partial charge in [-0.15, -0.1) is 0 Å². The second kappa shape index (κ2) is 7.98. The van der Waals surface area contributed by atoms with Crippen molar-refractivity contribution in [1.29, 1.82) is 0 Å². The van der Waals surface area contributed by atoms with Crippen LogP contribution in [-0.2, 0) is 0 Å². The van der Waals surface area contributed by atoms with Gasteiger partial charge < -0.3 is 14.2 Å². The largest absolute Gasteiger partial charge is 0.496 e. The number of para-hydroxylation sites is 1. The third-order valence-corrected chi connectivity index (χ3v) is 5.14. The molecule has 1 aromatic carbocycles. The maximum absolute atomic E-state index is 12.8. The molecule has 0 bridgehead atoms. The molecular weight excluding hydrogens is 380 g/mol. The van der Waals surface area contributed by atoms with E-state index < -0.39 is 0 Å². The zero-order valence-electron chi connectivity index (χ0n) is 15.3. The predicted molar refractivity (Wildman–Crippen MR) is 103 cm³/mol. The van der Waals surface area contributed by atoms with E-state index in [1.165, 1.54) is 0 Å². The van der Waals surface area contributed by atoms with E-state index in [-0.39, 0.29) is 17.0 Å². The summed E-state index contributed by atoms with van der Waals surface area (Å²) in [7, 11) is 1.60. The molecule has 4 rings (SSSR count).